The number of aromatic amines is 1. The Bertz CT molecular complexity index is 815. The average molecular weight is 377 g/mol. The van der Waals surface area contributed by atoms with E-state index in [1.165, 1.54) is 5.56 Å². The number of piperidine rings is 1. The van der Waals surface area contributed by atoms with Gasteiger partial charge in [0.2, 0.25) is 0 Å². The maximum atomic E-state index is 12.6. The molecule has 4 rings (SSSR count). The normalized spacial score (nSPS) is 18.5. The molecule has 2 aromatic rings. The summed E-state index contributed by atoms with van der Waals surface area (Å²) < 4.78 is 11.2. The van der Waals surface area contributed by atoms with Gasteiger partial charge in [0.1, 0.15) is 11.4 Å². The van der Waals surface area contributed by atoms with E-state index in [1.807, 2.05) is 6.20 Å². The third kappa shape index (κ3) is 3.01. The lowest BCUT2D eigenvalue weighted by atomic mass is 9.84. The number of likely N-dealkylation sites (tertiary alicyclic amines) is 1. The Labute approximate surface area is 156 Å². The molecule has 0 aliphatic carbocycles. The van der Waals surface area contributed by atoms with Gasteiger partial charge >= 0.3 is 6.03 Å². The Morgan fingerprint density at radius 3 is 2.96 bits per heavy atom. The molecule has 8 heteroatoms. The number of ether oxygens (including phenoxy) is 2. The second kappa shape index (κ2) is 6.81. The number of carbonyl (C=O) groups excluding carboxylic acids is 1. The summed E-state index contributed by atoms with van der Waals surface area (Å²) in [5, 5.41) is 10.6. The molecule has 0 radical (unpaired) electrons. The number of hydrogen-bond acceptors (Lipinski definition) is 4. The second-order valence-electron chi connectivity index (χ2n) is 6.63. The highest BCUT2D eigenvalue weighted by Gasteiger charge is 2.43. The predicted molar refractivity (Wildman–Crippen MR) is 97.8 cm³/mol. The number of hydrogen-bond donors (Lipinski definition) is 2. The van der Waals surface area contributed by atoms with E-state index < -0.39 is 0 Å². The number of benzene rings is 1. The van der Waals surface area contributed by atoms with Gasteiger partial charge in [0.05, 0.1) is 30.6 Å². The molecule has 1 spiro atoms. The molecule has 1 fully saturated rings. The predicted octanol–water partition coefficient (Wildman–Crippen LogP) is 3.17. The Hall–Kier alpha value is -2.25. The molecule has 3 heterocycles. The van der Waals surface area contributed by atoms with E-state index in [2.05, 4.69) is 15.5 Å². The number of amides is 2. The summed E-state index contributed by atoms with van der Waals surface area (Å²) in [6.45, 7) is 1.94. The zero-order valence-electron chi connectivity index (χ0n) is 14.5. The number of fused-ring (bicyclic) bond motifs is 2. The summed E-state index contributed by atoms with van der Waals surface area (Å²) in [5.41, 5.74) is 2.60. The van der Waals surface area contributed by atoms with Crippen molar-refractivity contribution in [2.24, 2.45) is 0 Å². The van der Waals surface area contributed by atoms with E-state index in [0.717, 1.165) is 25.0 Å². The van der Waals surface area contributed by atoms with Crippen molar-refractivity contribution in [1.29, 1.82) is 0 Å². The van der Waals surface area contributed by atoms with E-state index in [1.54, 1.807) is 30.2 Å². The molecule has 0 unspecified atom stereocenters. The van der Waals surface area contributed by atoms with Crippen LogP contribution < -0.4 is 10.1 Å². The first-order valence-corrected chi connectivity index (χ1v) is 9.05. The third-order valence-corrected chi connectivity index (χ3v) is 5.48. The largest absolute Gasteiger partial charge is 0.495 e. The van der Waals surface area contributed by atoms with Crippen LogP contribution >= 0.6 is 11.6 Å². The van der Waals surface area contributed by atoms with E-state index in [9.17, 15) is 4.79 Å². The van der Waals surface area contributed by atoms with Crippen LogP contribution in [0.2, 0.25) is 5.02 Å². The van der Waals surface area contributed by atoms with E-state index in [4.69, 9.17) is 21.1 Å². The van der Waals surface area contributed by atoms with E-state index in [0.29, 0.717) is 36.2 Å². The van der Waals surface area contributed by atoms with Gasteiger partial charge in [0.25, 0.3) is 0 Å². The fraction of sp³-hybridized carbons (Fsp3) is 0.444. The molecule has 2 aliphatic rings. The summed E-state index contributed by atoms with van der Waals surface area (Å²) in [6.07, 6.45) is 4.26. The van der Waals surface area contributed by atoms with Crippen LogP contribution in [0.3, 0.4) is 0 Å². The highest BCUT2D eigenvalue weighted by atomic mass is 35.5. The van der Waals surface area contributed by atoms with Crippen molar-refractivity contribution in [3.63, 3.8) is 0 Å². The summed E-state index contributed by atoms with van der Waals surface area (Å²) in [4.78, 5) is 14.4. The van der Waals surface area contributed by atoms with Crippen LogP contribution in [0.4, 0.5) is 10.5 Å². The number of nitrogens with zero attached hydrogens (tertiary/aromatic N) is 2. The minimum absolute atomic E-state index is 0.137. The van der Waals surface area contributed by atoms with Crippen LogP contribution in [0.5, 0.6) is 5.75 Å². The van der Waals surface area contributed by atoms with Crippen LogP contribution in [-0.2, 0) is 16.8 Å². The molecule has 2 aliphatic heterocycles. The summed E-state index contributed by atoms with van der Waals surface area (Å²) in [5.74, 6) is 0.578. The average Bonchev–Trinajstić information content (AvgIpc) is 3.13. The van der Waals surface area contributed by atoms with Gasteiger partial charge in [-0.15, -0.1) is 0 Å². The quantitative estimate of drug-likeness (QED) is 0.843. The first kappa shape index (κ1) is 17.2. The number of rotatable bonds is 2. The van der Waals surface area contributed by atoms with Crippen LogP contribution in [0.1, 0.15) is 24.1 Å². The fourth-order valence-electron chi connectivity index (χ4n) is 3.74. The molecule has 2 amide bonds. The molecule has 26 heavy (non-hydrogen) atoms. The molecular formula is C18H21ClN4O3. The van der Waals surface area contributed by atoms with Crippen LogP contribution in [-0.4, -0.2) is 47.9 Å². The maximum Gasteiger partial charge on any atom is 0.321 e. The lowest BCUT2D eigenvalue weighted by molar-refractivity contribution is -0.0948. The molecule has 1 aromatic carbocycles. The summed E-state index contributed by atoms with van der Waals surface area (Å²) in [6, 6.07) is 5.06. The Kier molecular flexibility index (Phi) is 4.50. The summed E-state index contributed by atoms with van der Waals surface area (Å²) >= 11 is 6.12. The van der Waals surface area contributed by atoms with Gasteiger partial charge in [0, 0.05) is 18.8 Å². The minimum Gasteiger partial charge on any atom is -0.495 e. The molecule has 2 N–H and O–H groups in total. The van der Waals surface area contributed by atoms with E-state index >= 15 is 0 Å². The van der Waals surface area contributed by atoms with Gasteiger partial charge in [-0.25, -0.2) is 4.79 Å². The Morgan fingerprint density at radius 2 is 2.23 bits per heavy atom. The first-order chi connectivity index (χ1) is 12.6. The number of carbonyl (C=O) groups is 1. The summed E-state index contributed by atoms with van der Waals surface area (Å²) in [7, 11) is 1.56. The van der Waals surface area contributed by atoms with Crippen LogP contribution in [0.15, 0.2) is 24.4 Å². The lowest BCUT2D eigenvalue weighted by Crippen LogP contribution is -2.49. The lowest BCUT2D eigenvalue weighted by Gasteiger charge is -2.43. The van der Waals surface area contributed by atoms with Gasteiger partial charge in [-0.2, -0.15) is 5.10 Å². The van der Waals surface area contributed by atoms with Crippen molar-refractivity contribution in [3.8, 4) is 5.75 Å². The van der Waals surface area contributed by atoms with Gasteiger partial charge in [-0.1, -0.05) is 11.6 Å². The smallest absolute Gasteiger partial charge is 0.321 e. The number of H-pyrrole nitrogens is 1. The van der Waals surface area contributed by atoms with Gasteiger partial charge in [-0.05, 0) is 43.0 Å². The van der Waals surface area contributed by atoms with Crippen molar-refractivity contribution >= 4 is 23.3 Å². The molecule has 0 saturated carbocycles. The molecule has 138 valence electrons. The number of halogens is 1. The molecule has 7 nitrogen and oxygen atoms in total. The fourth-order valence-corrected chi connectivity index (χ4v) is 3.99. The molecule has 0 atom stereocenters. The van der Waals surface area contributed by atoms with Gasteiger partial charge < -0.3 is 19.7 Å². The molecular weight excluding hydrogens is 356 g/mol. The van der Waals surface area contributed by atoms with Gasteiger partial charge in [-0.3, -0.25) is 5.10 Å². The Balaban J connectivity index is 1.41. The number of anilines is 1. The highest BCUT2D eigenvalue weighted by molar-refractivity contribution is 6.32. The van der Waals surface area contributed by atoms with Crippen molar-refractivity contribution in [1.82, 2.24) is 15.1 Å². The first-order valence-electron chi connectivity index (χ1n) is 8.67. The SMILES string of the molecule is COc1ccc(NC(=O)N2CCC3(CC2)OCCc2cn[nH]c23)cc1Cl. The van der Waals surface area contributed by atoms with Crippen LogP contribution in [0, 0.1) is 0 Å². The molecule has 1 saturated heterocycles. The third-order valence-electron chi connectivity index (χ3n) is 5.18. The van der Waals surface area contributed by atoms with Crippen LogP contribution in [0.25, 0.3) is 0 Å². The highest BCUT2D eigenvalue weighted by Crippen LogP contribution is 2.40. The maximum absolute atomic E-state index is 12.6. The second-order valence-corrected chi connectivity index (χ2v) is 7.04. The zero-order chi connectivity index (χ0) is 18.1. The molecule has 1 aromatic heterocycles. The monoisotopic (exact) mass is 376 g/mol. The van der Waals surface area contributed by atoms with Crippen molar-refractivity contribution in [2.75, 3.05) is 32.1 Å². The van der Waals surface area contributed by atoms with Crippen molar-refractivity contribution in [3.05, 3.63) is 40.7 Å². The van der Waals surface area contributed by atoms with E-state index in [-0.39, 0.29) is 11.6 Å². The molecule has 0 bridgehead atoms. The number of nitrogens with one attached hydrogen (secondary N) is 2. The van der Waals surface area contributed by atoms with Crippen molar-refractivity contribution < 1.29 is 14.3 Å². The van der Waals surface area contributed by atoms with Gasteiger partial charge in [0.15, 0.2) is 0 Å². The topological polar surface area (TPSA) is 79.5 Å². The zero-order valence-corrected chi connectivity index (χ0v) is 15.3. The number of methoxy groups -OCH3 is 1. The van der Waals surface area contributed by atoms with Crippen molar-refractivity contribution in [2.45, 2.75) is 24.9 Å². The Morgan fingerprint density at radius 1 is 1.42 bits per heavy atom. The standard InChI is InChI=1S/C18H21ClN4O3/c1-25-15-3-2-13(10-14(15)19)21-17(24)23-7-5-18(6-8-23)16-12(4-9-26-18)11-20-22-16/h2-3,10-11H,4-9H2,1H3,(H,20,22)(H,21,24). The number of aromatic nitrogens is 2. The number of urea groups is 1. The minimum atomic E-state index is -0.343.